The average Bonchev–Trinajstić information content (AvgIpc) is 3.25. The Labute approximate surface area is 192 Å². The van der Waals surface area contributed by atoms with Crippen molar-refractivity contribution in [1.29, 1.82) is 0 Å². The van der Waals surface area contributed by atoms with Gasteiger partial charge in [0.15, 0.2) is 23.9 Å². The molecule has 2 aromatic carbocycles. The van der Waals surface area contributed by atoms with Crippen molar-refractivity contribution < 1.29 is 28.5 Å². The van der Waals surface area contributed by atoms with Gasteiger partial charge in [-0.25, -0.2) is 9.48 Å². The fourth-order valence-corrected chi connectivity index (χ4v) is 2.99. The van der Waals surface area contributed by atoms with Gasteiger partial charge in [0.05, 0.1) is 31.7 Å². The number of para-hydroxylation sites is 1. The van der Waals surface area contributed by atoms with Crippen LogP contribution in [0.3, 0.4) is 0 Å². The Morgan fingerprint density at radius 3 is 2.30 bits per heavy atom. The third-order valence-corrected chi connectivity index (χ3v) is 4.36. The molecular formula is C24H27N3O6. The first-order valence-electron chi connectivity index (χ1n) is 10.7. The number of benzene rings is 2. The first-order chi connectivity index (χ1) is 16.0. The van der Waals surface area contributed by atoms with Gasteiger partial charge < -0.3 is 24.3 Å². The van der Waals surface area contributed by atoms with Crippen LogP contribution in [0.1, 0.15) is 31.3 Å². The largest absolute Gasteiger partial charge is 0.490 e. The van der Waals surface area contributed by atoms with E-state index in [1.165, 1.54) is 4.68 Å². The third kappa shape index (κ3) is 6.25. The van der Waals surface area contributed by atoms with E-state index in [9.17, 15) is 9.59 Å². The molecule has 0 radical (unpaired) electrons. The van der Waals surface area contributed by atoms with E-state index in [2.05, 4.69) is 10.4 Å². The lowest BCUT2D eigenvalue weighted by Crippen LogP contribution is -2.21. The monoisotopic (exact) mass is 453 g/mol. The maximum atomic E-state index is 12.5. The van der Waals surface area contributed by atoms with Gasteiger partial charge in [-0.15, -0.1) is 0 Å². The second kappa shape index (κ2) is 11.6. The summed E-state index contributed by atoms with van der Waals surface area (Å²) in [5.74, 6) is 0.237. The summed E-state index contributed by atoms with van der Waals surface area (Å²) in [7, 11) is 0. The number of ether oxygens (including phenoxy) is 4. The Morgan fingerprint density at radius 2 is 1.61 bits per heavy atom. The lowest BCUT2D eigenvalue weighted by Gasteiger charge is -2.13. The molecule has 0 unspecified atom stereocenters. The third-order valence-electron chi connectivity index (χ3n) is 4.36. The Kier molecular flexibility index (Phi) is 8.29. The van der Waals surface area contributed by atoms with Crippen LogP contribution < -0.4 is 19.5 Å². The fraction of sp³-hybridized carbons (Fsp3) is 0.292. The van der Waals surface area contributed by atoms with Gasteiger partial charge in [-0.1, -0.05) is 18.2 Å². The minimum atomic E-state index is -0.629. The summed E-state index contributed by atoms with van der Waals surface area (Å²) in [5, 5.41) is 7.02. The number of nitrogens with one attached hydrogen (secondary N) is 1. The van der Waals surface area contributed by atoms with Crippen molar-refractivity contribution in [2.24, 2.45) is 0 Å². The van der Waals surface area contributed by atoms with Crippen LogP contribution in [0.15, 0.2) is 54.7 Å². The van der Waals surface area contributed by atoms with Crippen LogP contribution in [0.25, 0.3) is 5.69 Å². The fourth-order valence-electron chi connectivity index (χ4n) is 2.99. The second-order valence-electron chi connectivity index (χ2n) is 6.71. The molecule has 174 valence electrons. The number of carbonyl (C=O) groups is 2. The normalized spacial score (nSPS) is 10.4. The average molecular weight is 453 g/mol. The van der Waals surface area contributed by atoms with Crippen LogP contribution in [0, 0.1) is 0 Å². The summed E-state index contributed by atoms with van der Waals surface area (Å²) < 4.78 is 23.3. The molecule has 33 heavy (non-hydrogen) atoms. The van der Waals surface area contributed by atoms with Crippen LogP contribution in [0.2, 0.25) is 0 Å². The standard InChI is InChI=1S/C24H27N3O6/c1-4-30-19-13-12-17(14-20(19)31-5-2)25-22(28)16-33-21-15-27(18-10-8-7-9-11-18)26-23(21)24(29)32-6-3/h7-15H,4-6,16H2,1-3H3,(H,25,28). The summed E-state index contributed by atoms with van der Waals surface area (Å²) in [5.41, 5.74) is 1.26. The highest BCUT2D eigenvalue weighted by Crippen LogP contribution is 2.30. The summed E-state index contributed by atoms with van der Waals surface area (Å²) >= 11 is 0. The molecule has 1 amide bonds. The van der Waals surface area contributed by atoms with E-state index in [0.29, 0.717) is 30.4 Å². The smallest absolute Gasteiger partial charge is 0.362 e. The van der Waals surface area contributed by atoms with Crippen molar-refractivity contribution in [3.8, 4) is 22.9 Å². The molecule has 1 heterocycles. The highest BCUT2D eigenvalue weighted by Gasteiger charge is 2.21. The summed E-state index contributed by atoms with van der Waals surface area (Å²) in [6.07, 6.45) is 1.54. The lowest BCUT2D eigenvalue weighted by atomic mass is 10.2. The van der Waals surface area contributed by atoms with Crippen LogP contribution >= 0.6 is 0 Å². The highest BCUT2D eigenvalue weighted by atomic mass is 16.5. The number of anilines is 1. The Balaban J connectivity index is 1.72. The van der Waals surface area contributed by atoms with E-state index in [1.54, 1.807) is 31.3 Å². The number of amides is 1. The molecule has 0 aliphatic carbocycles. The van der Waals surface area contributed by atoms with Gasteiger partial charge in [-0.3, -0.25) is 4.79 Å². The van der Waals surface area contributed by atoms with Gasteiger partial charge in [0.2, 0.25) is 5.69 Å². The second-order valence-corrected chi connectivity index (χ2v) is 6.71. The van der Waals surface area contributed by atoms with Crippen LogP contribution in [-0.2, 0) is 9.53 Å². The van der Waals surface area contributed by atoms with Crippen molar-refractivity contribution in [2.45, 2.75) is 20.8 Å². The number of aromatic nitrogens is 2. The first-order valence-corrected chi connectivity index (χ1v) is 10.7. The minimum Gasteiger partial charge on any atom is -0.490 e. The van der Waals surface area contributed by atoms with Gasteiger partial charge in [0, 0.05) is 11.8 Å². The zero-order chi connectivity index (χ0) is 23.6. The first kappa shape index (κ1) is 23.6. The molecule has 9 nitrogen and oxygen atoms in total. The predicted molar refractivity (Wildman–Crippen MR) is 122 cm³/mol. The SMILES string of the molecule is CCOC(=O)c1nn(-c2ccccc2)cc1OCC(=O)Nc1ccc(OCC)c(OCC)c1. The molecule has 0 saturated carbocycles. The maximum absolute atomic E-state index is 12.5. The molecule has 0 fully saturated rings. The zero-order valence-corrected chi connectivity index (χ0v) is 18.9. The molecule has 9 heteroatoms. The summed E-state index contributed by atoms with van der Waals surface area (Å²) in [6, 6.07) is 14.4. The molecule has 0 bridgehead atoms. The molecule has 1 N–H and O–H groups in total. The number of hydrogen-bond acceptors (Lipinski definition) is 7. The number of esters is 1. The number of rotatable bonds is 11. The highest BCUT2D eigenvalue weighted by molar-refractivity contribution is 5.93. The Morgan fingerprint density at radius 1 is 0.879 bits per heavy atom. The van der Waals surface area contributed by atoms with Gasteiger partial charge in [0.1, 0.15) is 0 Å². The van der Waals surface area contributed by atoms with Crippen molar-refractivity contribution in [3.05, 3.63) is 60.4 Å². The van der Waals surface area contributed by atoms with E-state index in [1.807, 2.05) is 44.2 Å². The quantitative estimate of drug-likeness (QED) is 0.440. The van der Waals surface area contributed by atoms with Crippen molar-refractivity contribution >= 4 is 17.6 Å². The lowest BCUT2D eigenvalue weighted by molar-refractivity contribution is -0.118. The van der Waals surface area contributed by atoms with Gasteiger partial charge >= 0.3 is 5.97 Å². The predicted octanol–water partition coefficient (Wildman–Crippen LogP) is 3.86. The van der Waals surface area contributed by atoms with Gasteiger partial charge in [-0.2, -0.15) is 5.10 Å². The van der Waals surface area contributed by atoms with E-state index >= 15 is 0 Å². The molecule has 0 aliphatic rings. The molecule has 0 atom stereocenters. The zero-order valence-electron chi connectivity index (χ0n) is 18.9. The van der Waals surface area contributed by atoms with Gasteiger partial charge in [-0.05, 0) is 45.0 Å². The van der Waals surface area contributed by atoms with Gasteiger partial charge in [0.25, 0.3) is 5.91 Å². The van der Waals surface area contributed by atoms with E-state index in [-0.39, 0.29) is 24.7 Å². The number of nitrogens with zero attached hydrogens (tertiary/aromatic N) is 2. The van der Waals surface area contributed by atoms with Crippen LogP contribution in [-0.4, -0.2) is 48.1 Å². The Hall–Kier alpha value is -4.01. The van der Waals surface area contributed by atoms with E-state index in [4.69, 9.17) is 18.9 Å². The summed E-state index contributed by atoms with van der Waals surface area (Å²) in [4.78, 5) is 24.8. The number of hydrogen-bond donors (Lipinski definition) is 1. The van der Waals surface area contributed by atoms with Crippen molar-refractivity contribution in [2.75, 3.05) is 31.7 Å². The molecule has 0 spiro atoms. The maximum Gasteiger partial charge on any atom is 0.362 e. The Bertz CT molecular complexity index is 1080. The van der Waals surface area contributed by atoms with E-state index < -0.39 is 11.9 Å². The number of carbonyl (C=O) groups excluding carboxylic acids is 2. The minimum absolute atomic E-state index is 0.00629. The van der Waals surface area contributed by atoms with Crippen LogP contribution in [0.5, 0.6) is 17.2 Å². The molecule has 3 aromatic rings. The van der Waals surface area contributed by atoms with E-state index in [0.717, 1.165) is 5.69 Å². The molecule has 3 rings (SSSR count). The molecule has 0 saturated heterocycles. The molecular weight excluding hydrogens is 426 g/mol. The molecule has 1 aromatic heterocycles. The topological polar surface area (TPSA) is 101 Å². The van der Waals surface area contributed by atoms with Crippen molar-refractivity contribution in [1.82, 2.24) is 9.78 Å². The summed E-state index contributed by atoms with van der Waals surface area (Å²) in [6.45, 7) is 6.27. The van der Waals surface area contributed by atoms with Crippen molar-refractivity contribution in [3.63, 3.8) is 0 Å². The molecule has 0 aliphatic heterocycles. The van der Waals surface area contributed by atoms with Crippen LogP contribution in [0.4, 0.5) is 5.69 Å².